The Labute approximate surface area is 280 Å². The van der Waals surface area contributed by atoms with Crippen LogP contribution in [0.25, 0.3) is 21.9 Å². The van der Waals surface area contributed by atoms with Crippen molar-refractivity contribution in [2.45, 2.75) is 54.2 Å². The first-order valence-electron chi connectivity index (χ1n) is 14.1. The van der Waals surface area contributed by atoms with Crippen LogP contribution in [0.4, 0.5) is 21.4 Å². The lowest BCUT2D eigenvalue weighted by Crippen LogP contribution is -2.22. The van der Waals surface area contributed by atoms with E-state index in [-0.39, 0.29) is 38.6 Å². The van der Waals surface area contributed by atoms with Gasteiger partial charge in [0.15, 0.2) is 0 Å². The van der Waals surface area contributed by atoms with Crippen molar-refractivity contribution in [1.82, 2.24) is 0 Å². The average Bonchev–Trinajstić information content (AvgIpc) is 3.33. The smallest absolute Gasteiger partial charge is 0.295 e. The van der Waals surface area contributed by atoms with Crippen molar-refractivity contribution < 1.29 is 43.7 Å². The van der Waals surface area contributed by atoms with Gasteiger partial charge in [0.25, 0.3) is 30.4 Å². The Morgan fingerprint density at radius 2 is 1.52 bits per heavy atom. The molecule has 0 aliphatic rings. The summed E-state index contributed by atoms with van der Waals surface area (Å²) in [4.78, 5) is 9.56. The van der Waals surface area contributed by atoms with E-state index in [1.807, 2.05) is 19.9 Å². The minimum atomic E-state index is -5.23. The number of fused-ring (bicyclic) bond motifs is 1. The van der Waals surface area contributed by atoms with E-state index in [1.54, 1.807) is 24.3 Å². The van der Waals surface area contributed by atoms with E-state index in [0.717, 1.165) is 42.7 Å². The van der Waals surface area contributed by atoms with Gasteiger partial charge in [-0.15, -0.1) is 10.2 Å². The number of nitrogens with two attached hydrogens (primary N) is 1. The van der Waals surface area contributed by atoms with Gasteiger partial charge >= 0.3 is 0 Å². The normalized spacial score (nSPS) is 13.1. The third-order valence-electron chi connectivity index (χ3n) is 7.30. The van der Waals surface area contributed by atoms with Crippen LogP contribution in [0.15, 0.2) is 73.4 Å². The number of hydrogen-bond acceptors (Lipinski definition) is 12. The Bertz CT molecular complexity index is 2310. The van der Waals surface area contributed by atoms with Crippen LogP contribution in [0.2, 0.25) is 0 Å². The van der Waals surface area contributed by atoms with Crippen molar-refractivity contribution in [3.8, 4) is 17.2 Å². The quantitative estimate of drug-likeness (QED) is 0.0789. The molecule has 1 aromatic heterocycles. The number of nitrogen functional groups attached to an aromatic ring is 1. The number of rotatable bonds is 12. The van der Waals surface area contributed by atoms with Gasteiger partial charge in [-0.1, -0.05) is 50.2 Å². The monoisotopic (exact) mass is 735 g/mol. The van der Waals surface area contributed by atoms with Gasteiger partial charge in [0, 0.05) is 27.9 Å². The average molecular weight is 736 g/mol. The predicted molar refractivity (Wildman–Crippen MR) is 178 cm³/mol. The fraction of sp³-hybridized carbons (Fsp3) is 0.241. The standard InChI is InChI=1S/C29H29N5O10S4/c1-3-5-6-16(4-2)28(35)32-18-9-7-17(8-10-18)26-23(15-30)27(31)45-29(26)34-33-19-11-21-22(24(12-19)47(39,40)41)13-20(46(36,37)38)14-25(21)48(42,43)44/h7-14,16H,3-6,31H2,1-2H3,(H,32,35)(H,36,37,38)(H,39,40,41)(H,42,43,44). The Morgan fingerprint density at radius 1 is 0.917 bits per heavy atom. The van der Waals surface area contributed by atoms with Crippen molar-refractivity contribution in [3.63, 3.8) is 0 Å². The number of carbonyl (C=O) groups excluding carboxylic acids is 1. The molecular weight excluding hydrogens is 707 g/mol. The number of nitrogens with one attached hydrogen (secondary N) is 1. The summed E-state index contributed by atoms with van der Waals surface area (Å²) in [6.07, 6.45) is 3.33. The molecule has 1 atom stereocenters. The van der Waals surface area contributed by atoms with E-state index in [4.69, 9.17) is 5.73 Å². The van der Waals surface area contributed by atoms with Gasteiger partial charge in [0.05, 0.1) is 16.1 Å². The molecule has 0 fully saturated rings. The van der Waals surface area contributed by atoms with Gasteiger partial charge in [-0.2, -0.15) is 30.5 Å². The van der Waals surface area contributed by atoms with Crippen molar-refractivity contribution in [2.24, 2.45) is 16.1 Å². The van der Waals surface area contributed by atoms with Gasteiger partial charge in [-0.05, 0) is 54.8 Å². The molecule has 19 heteroatoms. The molecule has 0 spiro atoms. The molecule has 4 aromatic rings. The molecule has 0 saturated carbocycles. The van der Waals surface area contributed by atoms with Gasteiger partial charge in [-0.3, -0.25) is 18.5 Å². The molecule has 1 amide bonds. The number of carbonyl (C=O) groups is 1. The Balaban J connectivity index is 1.82. The highest BCUT2D eigenvalue weighted by Crippen LogP contribution is 2.45. The molecule has 4 rings (SSSR count). The van der Waals surface area contributed by atoms with Crippen molar-refractivity contribution in [2.75, 3.05) is 11.1 Å². The highest BCUT2D eigenvalue weighted by molar-refractivity contribution is 7.87. The third kappa shape index (κ3) is 8.04. The number of hydrogen-bond donors (Lipinski definition) is 5. The van der Waals surface area contributed by atoms with E-state index in [9.17, 15) is 49.0 Å². The molecule has 254 valence electrons. The van der Waals surface area contributed by atoms with E-state index in [2.05, 4.69) is 15.5 Å². The highest BCUT2D eigenvalue weighted by Gasteiger charge is 2.26. The van der Waals surface area contributed by atoms with Crippen LogP contribution in [0.3, 0.4) is 0 Å². The fourth-order valence-electron chi connectivity index (χ4n) is 4.91. The largest absolute Gasteiger partial charge is 0.389 e. The summed E-state index contributed by atoms with van der Waals surface area (Å²) >= 11 is 0.862. The molecule has 0 saturated heterocycles. The number of anilines is 2. The van der Waals surface area contributed by atoms with Crippen LogP contribution in [0, 0.1) is 17.2 Å². The predicted octanol–water partition coefficient (Wildman–Crippen LogP) is 6.33. The topological polar surface area (TPSA) is 267 Å². The van der Waals surface area contributed by atoms with Crippen molar-refractivity contribution in [1.29, 1.82) is 5.26 Å². The number of thiophene rings is 1. The maximum absolute atomic E-state index is 12.8. The summed E-state index contributed by atoms with van der Waals surface area (Å²) in [5, 5.41) is 19.7. The zero-order valence-corrected chi connectivity index (χ0v) is 28.5. The van der Waals surface area contributed by atoms with Crippen LogP contribution in [0.5, 0.6) is 0 Å². The van der Waals surface area contributed by atoms with Gasteiger partial charge in [0.2, 0.25) is 5.91 Å². The number of amides is 1. The van der Waals surface area contributed by atoms with E-state index in [1.165, 1.54) is 0 Å². The molecule has 48 heavy (non-hydrogen) atoms. The minimum Gasteiger partial charge on any atom is -0.389 e. The second kappa shape index (κ2) is 14.1. The van der Waals surface area contributed by atoms with Gasteiger partial charge < -0.3 is 11.1 Å². The van der Waals surface area contributed by atoms with Crippen LogP contribution in [0.1, 0.15) is 45.1 Å². The van der Waals surface area contributed by atoms with Crippen LogP contribution < -0.4 is 11.1 Å². The molecule has 1 unspecified atom stereocenters. The lowest BCUT2D eigenvalue weighted by atomic mass is 9.98. The second-order valence-corrected chi connectivity index (χ2v) is 15.8. The number of azo groups is 1. The van der Waals surface area contributed by atoms with Gasteiger partial charge in [-0.25, -0.2) is 0 Å². The zero-order valence-electron chi connectivity index (χ0n) is 25.3. The Hall–Kier alpha value is -4.29. The Kier molecular flexibility index (Phi) is 10.7. The molecule has 15 nitrogen and oxygen atoms in total. The first-order chi connectivity index (χ1) is 22.4. The SMILES string of the molecule is CCCCC(CC)C(=O)Nc1ccc(-c2c(N=Nc3cc(S(=O)(=O)O)c4cc(S(=O)(=O)O)cc(S(=O)(=O)O)c4c3)sc(N)c2C#N)cc1. The maximum atomic E-state index is 12.8. The molecule has 0 aliphatic carbocycles. The van der Waals surface area contributed by atoms with Crippen molar-refractivity contribution in [3.05, 3.63) is 54.1 Å². The van der Waals surface area contributed by atoms with Crippen LogP contribution in [-0.4, -0.2) is 44.8 Å². The van der Waals surface area contributed by atoms with Crippen LogP contribution >= 0.6 is 11.3 Å². The summed E-state index contributed by atoms with van der Waals surface area (Å²) in [7, 11) is -15.5. The summed E-state index contributed by atoms with van der Waals surface area (Å²) in [6.45, 7) is 3.99. The first kappa shape index (κ1) is 36.5. The van der Waals surface area contributed by atoms with E-state index >= 15 is 0 Å². The first-order valence-corrected chi connectivity index (χ1v) is 19.2. The third-order valence-corrected chi connectivity index (χ3v) is 10.8. The molecule has 1 heterocycles. The minimum absolute atomic E-state index is 0.0555. The molecule has 3 aromatic carbocycles. The van der Waals surface area contributed by atoms with Crippen molar-refractivity contribution >= 4 is 79.7 Å². The molecule has 0 aliphatic heterocycles. The lowest BCUT2D eigenvalue weighted by molar-refractivity contribution is -0.120. The highest BCUT2D eigenvalue weighted by atomic mass is 32.2. The Morgan fingerprint density at radius 3 is 2.06 bits per heavy atom. The van der Waals surface area contributed by atoms with Crippen LogP contribution in [-0.2, 0) is 35.1 Å². The summed E-state index contributed by atoms with van der Waals surface area (Å²) in [5.74, 6) is -0.259. The fourth-order valence-corrected chi connectivity index (χ4v) is 7.82. The number of unbranched alkanes of at least 4 members (excludes halogenated alkanes) is 1. The van der Waals surface area contributed by atoms with Gasteiger partial charge in [0.1, 0.15) is 25.9 Å². The maximum Gasteiger partial charge on any atom is 0.295 e. The molecule has 0 bridgehead atoms. The summed E-state index contributed by atoms with van der Waals surface area (Å²) in [6, 6.07) is 11.2. The lowest BCUT2D eigenvalue weighted by Gasteiger charge is -2.14. The summed E-state index contributed by atoms with van der Waals surface area (Å²) in [5.41, 5.74) is 7.00. The summed E-state index contributed by atoms with van der Waals surface area (Å²) < 4.78 is 102. The zero-order chi connectivity index (χ0) is 35.6. The van der Waals surface area contributed by atoms with E-state index < -0.39 is 55.8 Å². The number of nitrogens with zero attached hydrogens (tertiary/aromatic N) is 3. The second-order valence-electron chi connectivity index (χ2n) is 10.5. The molecule has 6 N–H and O–H groups in total. The number of nitriles is 1. The molecular formula is C29H29N5O10S4. The molecule has 0 radical (unpaired) electrons. The number of benzene rings is 3. The van der Waals surface area contributed by atoms with E-state index in [0.29, 0.717) is 29.8 Å².